The second-order valence-electron chi connectivity index (χ2n) is 5.80. The molecule has 3 N–H and O–H groups in total. The van der Waals surface area contributed by atoms with Crippen LogP contribution in [0.3, 0.4) is 0 Å². The van der Waals surface area contributed by atoms with Gasteiger partial charge in [-0.25, -0.2) is 0 Å². The first-order valence-electron chi connectivity index (χ1n) is 7.93. The fourth-order valence-corrected chi connectivity index (χ4v) is 2.72. The summed E-state index contributed by atoms with van der Waals surface area (Å²) in [7, 11) is 0. The number of nitrogens with one attached hydrogen (secondary N) is 1. The fraction of sp³-hybridized carbons (Fsp3) is 0.588. The molecule has 4 nitrogen and oxygen atoms in total. The molecule has 4 heteroatoms. The molecule has 1 aliphatic rings. The first kappa shape index (κ1) is 15.8. The van der Waals surface area contributed by atoms with Crippen LogP contribution in [0.2, 0.25) is 0 Å². The van der Waals surface area contributed by atoms with Gasteiger partial charge in [-0.15, -0.1) is 0 Å². The standard InChI is InChI=1S/C17H26N2O2/c1-13-15(18)9-5-10-16(13)19-17(20)11-6-12-21-14-7-3-2-4-8-14/h5,9-10,14H,2-4,6-8,11-12,18H2,1H3,(H,19,20). The molecule has 1 aromatic carbocycles. The fourth-order valence-electron chi connectivity index (χ4n) is 2.72. The molecule has 1 amide bonds. The summed E-state index contributed by atoms with van der Waals surface area (Å²) < 4.78 is 5.83. The minimum atomic E-state index is 0.0240. The van der Waals surface area contributed by atoms with Gasteiger partial charge in [0.2, 0.25) is 5.91 Å². The van der Waals surface area contributed by atoms with Crippen LogP contribution in [0.4, 0.5) is 11.4 Å². The number of rotatable bonds is 6. The van der Waals surface area contributed by atoms with Crippen LogP contribution in [0.5, 0.6) is 0 Å². The molecule has 1 saturated carbocycles. The lowest BCUT2D eigenvalue weighted by Gasteiger charge is -2.21. The highest BCUT2D eigenvalue weighted by Gasteiger charge is 2.13. The average molecular weight is 290 g/mol. The molecule has 0 bridgehead atoms. The van der Waals surface area contributed by atoms with Crippen LogP contribution in [0.15, 0.2) is 18.2 Å². The van der Waals surface area contributed by atoms with E-state index in [1.54, 1.807) is 0 Å². The maximum absolute atomic E-state index is 11.9. The Morgan fingerprint density at radius 2 is 2.10 bits per heavy atom. The third kappa shape index (κ3) is 5.05. The lowest BCUT2D eigenvalue weighted by molar-refractivity contribution is -0.116. The Bertz CT molecular complexity index is 468. The van der Waals surface area contributed by atoms with Gasteiger partial charge in [0, 0.05) is 24.4 Å². The molecule has 1 aromatic rings. The Morgan fingerprint density at radius 3 is 2.86 bits per heavy atom. The van der Waals surface area contributed by atoms with Gasteiger partial charge in [-0.2, -0.15) is 0 Å². The highest BCUT2D eigenvalue weighted by Crippen LogP contribution is 2.21. The highest BCUT2D eigenvalue weighted by molar-refractivity contribution is 5.92. The van der Waals surface area contributed by atoms with Crippen LogP contribution in [-0.4, -0.2) is 18.6 Å². The second-order valence-corrected chi connectivity index (χ2v) is 5.80. The lowest BCUT2D eigenvalue weighted by atomic mass is 9.98. The highest BCUT2D eigenvalue weighted by atomic mass is 16.5. The van der Waals surface area contributed by atoms with Crippen LogP contribution in [0, 0.1) is 6.92 Å². The van der Waals surface area contributed by atoms with Crippen molar-refractivity contribution in [1.82, 2.24) is 0 Å². The van der Waals surface area contributed by atoms with Gasteiger partial charge >= 0.3 is 0 Å². The molecule has 1 fully saturated rings. The number of nitrogen functional groups attached to an aromatic ring is 1. The zero-order chi connectivity index (χ0) is 15.1. The Morgan fingerprint density at radius 1 is 1.33 bits per heavy atom. The first-order chi connectivity index (χ1) is 10.2. The van der Waals surface area contributed by atoms with Gasteiger partial charge in [-0.05, 0) is 43.9 Å². The number of carbonyl (C=O) groups is 1. The van der Waals surface area contributed by atoms with Gasteiger partial charge < -0.3 is 15.8 Å². The van der Waals surface area contributed by atoms with Crippen molar-refractivity contribution in [3.63, 3.8) is 0 Å². The minimum absolute atomic E-state index is 0.0240. The summed E-state index contributed by atoms with van der Waals surface area (Å²) in [5.74, 6) is 0.0240. The quantitative estimate of drug-likeness (QED) is 0.621. The molecular formula is C17H26N2O2. The predicted molar refractivity (Wildman–Crippen MR) is 86.3 cm³/mol. The van der Waals surface area contributed by atoms with E-state index in [0.717, 1.165) is 17.7 Å². The number of nitrogens with two attached hydrogens (primary N) is 1. The molecule has 0 saturated heterocycles. The Labute approximate surface area is 127 Å². The summed E-state index contributed by atoms with van der Waals surface area (Å²) in [4.78, 5) is 11.9. The molecule has 0 radical (unpaired) electrons. The van der Waals surface area contributed by atoms with Gasteiger partial charge in [0.15, 0.2) is 0 Å². The molecule has 0 spiro atoms. The maximum Gasteiger partial charge on any atom is 0.224 e. The number of benzene rings is 1. The van der Waals surface area contributed by atoms with Crippen LogP contribution in [0.1, 0.15) is 50.5 Å². The van der Waals surface area contributed by atoms with Crippen molar-refractivity contribution in [3.8, 4) is 0 Å². The Hall–Kier alpha value is -1.55. The molecule has 0 aromatic heterocycles. The molecule has 116 valence electrons. The minimum Gasteiger partial charge on any atom is -0.398 e. The van der Waals surface area contributed by atoms with E-state index in [2.05, 4.69) is 5.32 Å². The van der Waals surface area contributed by atoms with Crippen LogP contribution in [-0.2, 0) is 9.53 Å². The smallest absolute Gasteiger partial charge is 0.224 e. The molecule has 0 atom stereocenters. The zero-order valence-electron chi connectivity index (χ0n) is 12.9. The van der Waals surface area contributed by atoms with Gasteiger partial charge in [0.05, 0.1) is 6.10 Å². The predicted octanol–water partition coefficient (Wildman–Crippen LogP) is 3.65. The van der Waals surface area contributed by atoms with E-state index in [1.807, 2.05) is 25.1 Å². The average Bonchev–Trinajstić information content (AvgIpc) is 2.49. The SMILES string of the molecule is Cc1c(N)cccc1NC(=O)CCCOC1CCCCC1. The van der Waals surface area contributed by atoms with Crippen molar-refractivity contribution < 1.29 is 9.53 Å². The molecule has 2 rings (SSSR count). The van der Waals surface area contributed by atoms with Crippen molar-refractivity contribution in [1.29, 1.82) is 0 Å². The van der Waals surface area contributed by atoms with E-state index in [1.165, 1.54) is 32.1 Å². The normalized spacial score (nSPS) is 15.9. The zero-order valence-corrected chi connectivity index (χ0v) is 12.9. The number of hydrogen-bond acceptors (Lipinski definition) is 3. The van der Waals surface area contributed by atoms with Gasteiger partial charge in [0.25, 0.3) is 0 Å². The van der Waals surface area contributed by atoms with E-state index in [0.29, 0.717) is 24.8 Å². The van der Waals surface area contributed by atoms with Crippen molar-refractivity contribution in [2.75, 3.05) is 17.7 Å². The second kappa shape index (κ2) is 8.03. The molecule has 21 heavy (non-hydrogen) atoms. The summed E-state index contributed by atoms with van der Waals surface area (Å²) >= 11 is 0. The van der Waals surface area contributed by atoms with E-state index < -0.39 is 0 Å². The lowest BCUT2D eigenvalue weighted by Crippen LogP contribution is -2.18. The van der Waals surface area contributed by atoms with Gasteiger partial charge in [-0.1, -0.05) is 25.3 Å². The van der Waals surface area contributed by atoms with Crippen molar-refractivity contribution in [2.45, 2.75) is 58.0 Å². The summed E-state index contributed by atoms with van der Waals surface area (Å²) in [5, 5.41) is 2.91. The summed E-state index contributed by atoms with van der Waals surface area (Å²) in [6, 6.07) is 5.56. The van der Waals surface area contributed by atoms with Gasteiger partial charge in [0.1, 0.15) is 0 Å². The van der Waals surface area contributed by atoms with Crippen molar-refractivity contribution in [2.24, 2.45) is 0 Å². The number of carbonyl (C=O) groups excluding carboxylic acids is 1. The Kier molecular flexibility index (Phi) is 6.05. The molecule has 0 heterocycles. The largest absolute Gasteiger partial charge is 0.398 e. The Balaban J connectivity index is 1.66. The van der Waals surface area contributed by atoms with Crippen LogP contribution >= 0.6 is 0 Å². The maximum atomic E-state index is 11.9. The number of anilines is 2. The third-order valence-electron chi connectivity index (χ3n) is 4.10. The molecule has 0 unspecified atom stereocenters. The van der Waals surface area contributed by atoms with Crippen LogP contribution < -0.4 is 11.1 Å². The van der Waals surface area contributed by atoms with Crippen LogP contribution in [0.25, 0.3) is 0 Å². The number of amides is 1. The topological polar surface area (TPSA) is 64.3 Å². The first-order valence-corrected chi connectivity index (χ1v) is 7.93. The molecule has 0 aliphatic heterocycles. The summed E-state index contributed by atoms with van der Waals surface area (Å²) in [5.41, 5.74) is 8.25. The molecule has 1 aliphatic carbocycles. The monoisotopic (exact) mass is 290 g/mol. The summed E-state index contributed by atoms with van der Waals surface area (Å²) in [6.07, 6.45) is 7.91. The number of hydrogen-bond donors (Lipinski definition) is 2. The van der Waals surface area contributed by atoms with E-state index >= 15 is 0 Å². The third-order valence-corrected chi connectivity index (χ3v) is 4.10. The number of ether oxygens (including phenoxy) is 1. The van der Waals surface area contributed by atoms with Crippen molar-refractivity contribution in [3.05, 3.63) is 23.8 Å². The van der Waals surface area contributed by atoms with E-state index in [-0.39, 0.29) is 5.91 Å². The van der Waals surface area contributed by atoms with E-state index in [9.17, 15) is 4.79 Å². The van der Waals surface area contributed by atoms with E-state index in [4.69, 9.17) is 10.5 Å². The van der Waals surface area contributed by atoms with Crippen molar-refractivity contribution >= 4 is 17.3 Å². The van der Waals surface area contributed by atoms with Gasteiger partial charge in [-0.3, -0.25) is 4.79 Å². The molecular weight excluding hydrogens is 264 g/mol. The summed E-state index contributed by atoms with van der Waals surface area (Å²) in [6.45, 7) is 2.59.